The molecule has 0 bridgehead atoms. The molecule has 0 radical (unpaired) electrons. The van der Waals surface area contributed by atoms with E-state index in [1.54, 1.807) is 17.1 Å². The van der Waals surface area contributed by atoms with Crippen LogP contribution in [-0.2, 0) is 11.8 Å². The minimum atomic E-state index is -0.862. The second-order valence-electron chi connectivity index (χ2n) is 6.54. The summed E-state index contributed by atoms with van der Waals surface area (Å²) in [5.41, 5.74) is 1.68. The first-order valence-corrected chi connectivity index (χ1v) is 8.46. The lowest BCUT2D eigenvalue weighted by Crippen LogP contribution is -2.22. The van der Waals surface area contributed by atoms with Gasteiger partial charge in [-0.1, -0.05) is 0 Å². The maximum Gasteiger partial charge on any atom is 0.222 e. The van der Waals surface area contributed by atoms with Gasteiger partial charge in [0.2, 0.25) is 5.91 Å². The Morgan fingerprint density at radius 3 is 2.85 bits per heavy atom. The highest BCUT2D eigenvalue weighted by atomic mass is 19.1. The van der Waals surface area contributed by atoms with Crippen molar-refractivity contribution in [3.05, 3.63) is 30.7 Å². The van der Waals surface area contributed by atoms with E-state index in [1.807, 2.05) is 30.3 Å². The van der Waals surface area contributed by atoms with E-state index in [1.165, 1.54) is 6.92 Å². The molecule has 1 amide bonds. The SMILES string of the molecule is CC(=O)Nc1cc2cc(-c3cnn(C)c3)ncc2c(N2CC[C@H](F)C2)n1. The Hall–Kier alpha value is -3.03. The van der Waals surface area contributed by atoms with Crippen molar-refractivity contribution in [1.29, 1.82) is 0 Å². The van der Waals surface area contributed by atoms with Crippen LogP contribution in [0.3, 0.4) is 0 Å². The molecule has 0 saturated carbocycles. The fraction of sp³-hybridized carbons (Fsp3) is 0.333. The molecule has 134 valence electrons. The lowest BCUT2D eigenvalue weighted by Gasteiger charge is -2.20. The monoisotopic (exact) mass is 354 g/mol. The van der Waals surface area contributed by atoms with Crippen molar-refractivity contribution >= 4 is 28.3 Å². The number of carbonyl (C=O) groups excluding carboxylic acids is 1. The quantitative estimate of drug-likeness (QED) is 0.782. The van der Waals surface area contributed by atoms with E-state index in [0.29, 0.717) is 31.1 Å². The Morgan fingerprint density at radius 1 is 1.35 bits per heavy atom. The van der Waals surface area contributed by atoms with Gasteiger partial charge in [0.05, 0.1) is 18.4 Å². The molecule has 7 nitrogen and oxygen atoms in total. The van der Waals surface area contributed by atoms with E-state index in [-0.39, 0.29) is 5.91 Å². The van der Waals surface area contributed by atoms with Gasteiger partial charge in [-0.15, -0.1) is 0 Å². The molecular formula is C18H19FN6O. The molecule has 4 heterocycles. The number of hydrogen-bond donors (Lipinski definition) is 1. The van der Waals surface area contributed by atoms with Crippen molar-refractivity contribution < 1.29 is 9.18 Å². The molecular weight excluding hydrogens is 335 g/mol. The number of aromatic nitrogens is 4. The maximum absolute atomic E-state index is 13.7. The van der Waals surface area contributed by atoms with Gasteiger partial charge in [-0.2, -0.15) is 5.10 Å². The molecule has 3 aromatic rings. The normalized spacial score (nSPS) is 17.0. The molecule has 1 aliphatic rings. The van der Waals surface area contributed by atoms with E-state index in [9.17, 15) is 9.18 Å². The summed E-state index contributed by atoms with van der Waals surface area (Å²) in [4.78, 5) is 22.4. The van der Waals surface area contributed by atoms with Crippen LogP contribution in [0.15, 0.2) is 30.7 Å². The zero-order valence-corrected chi connectivity index (χ0v) is 14.6. The largest absolute Gasteiger partial charge is 0.353 e. The molecule has 26 heavy (non-hydrogen) atoms. The summed E-state index contributed by atoms with van der Waals surface area (Å²) in [6.45, 7) is 2.33. The van der Waals surface area contributed by atoms with Gasteiger partial charge in [0.25, 0.3) is 0 Å². The number of fused-ring (bicyclic) bond motifs is 1. The molecule has 8 heteroatoms. The van der Waals surface area contributed by atoms with Gasteiger partial charge >= 0.3 is 0 Å². The Kier molecular flexibility index (Phi) is 4.02. The highest BCUT2D eigenvalue weighted by Crippen LogP contribution is 2.32. The molecule has 1 atom stereocenters. The average Bonchev–Trinajstić information content (AvgIpc) is 3.21. The molecule has 4 rings (SSSR count). The summed E-state index contributed by atoms with van der Waals surface area (Å²) in [5.74, 6) is 0.899. The van der Waals surface area contributed by atoms with Gasteiger partial charge in [-0.05, 0) is 23.9 Å². The number of amides is 1. The second kappa shape index (κ2) is 6.36. The average molecular weight is 354 g/mol. The van der Waals surface area contributed by atoms with Crippen LogP contribution in [0.2, 0.25) is 0 Å². The van der Waals surface area contributed by atoms with E-state index in [2.05, 4.69) is 20.4 Å². The number of anilines is 2. The number of nitrogens with zero attached hydrogens (tertiary/aromatic N) is 5. The Balaban J connectivity index is 1.84. The van der Waals surface area contributed by atoms with Crippen molar-refractivity contribution in [2.24, 2.45) is 7.05 Å². The van der Waals surface area contributed by atoms with Gasteiger partial charge in [-0.3, -0.25) is 14.5 Å². The molecule has 1 N–H and O–H groups in total. The van der Waals surface area contributed by atoms with Crippen LogP contribution in [0.4, 0.5) is 16.0 Å². The number of carbonyl (C=O) groups is 1. The molecule has 0 aliphatic carbocycles. The third kappa shape index (κ3) is 3.10. The van der Waals surface area contributed by atoms with Crippen LogP contribution in [0.5, 0.6) is 0 Å². The molecule has 3 aromatic heterocycles. The first kappa shape index (κ1) is 16.4. The van der Waals surface area contributed by atoms with E-state index in [0.717, 1.165) is 22.0 Å². The Morgan fingerprint density at radius 2 is 2.19 bits per heavy atom. The summed E-state index contributed by atoms with van der Waals surface area (Å²) < 4.78 is 15.4. The number of alkyl halides is 1. The van der Waals surface area contributed by atoms with Crippen LogP contribution in [0, 0.1) is 0 Å². The minimum absolute atomic E-state index is 0.200. The summed E-state index contributed by atoms with van der Waals surface area (Å²) in [7, 11) is 1.85. The van der Waals surface area contributed by atoms with Crippen molar-refractivity contribution in [1.82, 2.24) is 19.7 Å². The van der Waals surface area contributed by atoms with Gasteiger partial charge in [0, 0.05) is 43.9 Å². The highest BCUT2D eigenvalue weighted by Gasteiger charge is 2.25. The topological polar surface area (TPSA) is 75.9 Å². The molecule has 0 unspecified atom stereocenters. The summed E-state index contributed by atoms with van der Waals surface area (Å²) >= 11 is 0. The zero-order chi connectivity index (χ0) is 18.3. The van der Waals surface area contributed by atoms with Crippen LogP contribution >= 0.6 is 0 Å². The Labute approximate surface area is 149 Å². The van der Waals surface area contributed by atoms with Gasteiger partial charge in [-0.25, -0.2) is 9.37 Å². The molecule has 1 fully saturated rings. The van der Waals surface area contributed by atoms with Crippen molar-refractivity contribution in [2.45, 2.75) is 19.5 Å². The summed E-state index contributed by atoms with van der Waals surface area (Å²) in [6, 6.07) is 3.75. The predicted molar refractivity (Wildman–Crippen MR) is 97.8 cm³/mol. The standard InChI is InChI=1S/C18H19FN6O/c1-11(26)22-17-6-12-5-16(13-7-21-24(2)9-13)20-8-15(12)18(23-17)25-4-3-14(19)10-25/h5-9,14H,3-4,10H2,1-2H3,(H,22,23,26)/t14-/m0/s1. The minimum Gasteiger partial charge on any atom is -0.353 e. The molecule has 1 saturated heterocycles. The van der Waals surface area contributed by atoms with Crippen molar-refractivity contribution in [2.75, 3.05) is 23.3 Å². The van der Waals surface area contributed by atoms with Crippen LogP contribution in [0.1, 0.15) is 13.3 Å². The van der Waals surface area contributed by atoms with Gasteiger partial charge in [0.1, 0.15) is 17.8 Å². The fourth-order valence-electron chi connectivity index (χ4n) is 3.24. The van der Waals surface area contributed by atoms with Gasteiger partial charge in [0.15, 0.2) is 0 Å². The van der Waals surface area contributed by atoms with Crippen LogP contribution in [-0.4, -0.2) is 44.9 Å². The first-order valence-electron chi connectivity index (χ1n) is 8.46. The third-order valence-electron chi connectivity index (χ3n) is 4.43. The van der Waals surface area contributed by atoms with Crippen LogP contribution in [0.25, 0.3) is 22.0 Å². The second-order valence-corrected chi connectivity index (χ2v) is 6.54. The van der Waals surface area contributed by atoms with Crippen molar-refractivity contribution in [3.8, 4) is 11.3 Å². The number of rotatable bonds is 3. The number of pyridine rings is 2. The summed E-state index contributed by atoms with van der Waals surface area (Å²) in [5, 5.41) is 8.62. The number of hydrogen-bond acceptors (Lipinski definition) is 5. The highest BCUT2D eigenvalue weighted by molar-refractivity contribution is 5.98. The third-order valence-corrected chi connectivity index (χ3v) is 4.43. The first-order chi connectivity index (χ1) is 12.5. The molecule has 1 aliphatic heterocycles. The maximum atomic E-state index is 13.7. The van der Waals surface area contributed by atoms with E-state index >= 15 is 0 Å². The molecule has 0 aromatic carbocycles. The van der Waals surface area contributed by atoms with Crippen molar-refractivity contribution in [3.63, 3.8) is 0 Å². The smallest absolute Gasteiger partial charge is 0.222 e. The predicted octanol–water partition coefficient (Wildman–Crippen LogP) is 2.54. The number of nitrogens with one attached hydrogen (secondary N) is 1. The lowest BCUT2D eigenvalue weighted by atomic mass is 10.1. The lowest BCUT2D eigenvalue weighted by molar-refractivity contribution is -0.114. The number of aryl methyl sites for hydroxylation is 1. The number of halogens is 1. The summed E-state index contributed by atoms with van der Waals surface area (Å²) in [6.07, 6.45) is 5.01. The van der Waals surface area contributed by atoms with E-state index < -0.39 is 6.17 Å². The fourth-order valence-corrected chi connectivity index (χ4v) is 3.24. The Bertz CT molecular complexity index is 985. The van der Waals surface area contributed by atoms with Crippen LogP contribution < -0.4 is 10.2 Å². The zero-order valence-electron chi connectivity index (χ0n) is 14.6. The van der Waals surface area contributed by atoms with Gasteiger partial charge < -0.3 is 10.2 Å². The molecule has 0 spiro atoms. The van der Waals surface area contributed by atoms with E-state index in [4.69, 9.17) is 0 Å².